The molecule has 3 rings (SSSR count). The van der Waals surface area contributed by atoms with Crippen molar-refractivity contribution in [2.75, 3.05) is 23.3 Å². The molecule has 1 amide bonds. The monoisotopic (exact) mass is 456 g/mol. The van der Waals surface area contributed by atoms with Crippen LogP contribution >= 0.6 is 0 Å². The van der Waals surface area contributed by atoms with Crippen molar-refractivity contribution >= 4 is 33.3 Å². The second-order valence-electron chi connectivity index (χ2n) is 6.87. The largest absolute Gasteiger partial charge is 0.465 e. The molecule has 0 radical (unpaired) electrons. The number of nitrogens with zero attached hydrogens (tertiary/aromatic N) is 1. The van der Waals surface area contributed by atoms with Crippen LogP contribution in [0, 0.1) is 12.7 Å². The van der Waals surface area contributed by atoms with E-state index < -0.39 is 34.3 Å². The summed E-state index contributed by atoms with van der Waals surface area (Å²) in [6.45, 7) is 1.20. The molecule has 166 valence electrons. The summed E-state index contributed by atoms with van der Waals surface area (Å²) < 4.78 is 45.4. The molecule has 0 aliphatic carbocycles. The van der Waals surface area contributed by atoms with Crippen molar-refractivity contribution in [3.8, 4) is 0 Å². The van der Waals surface area contributed by atoms with Gasteiger partial charge in [0.1, 0.15) is 12.4 Å². The van der Waals surface area contributed by atoms with Crippen molar-refractivity contribution in [2.45, 2.75) is 11.8 Å². The number of para-hydroxylation sites is 1. The number of methoxy groups -OCH3 is 1. The molecule has 0 aliphatic heterocycles. The van der Waals surface area contributed by atoms with Crippen LogP contribution < -0.4 is 9.62 Å². The number of benzene rings is 3. The number of rotatable bonds is 7. The van der Waals surface area contributed by atoms with Crippen molar-refractivity contribution in [1.82, 2.24) is 0 Å². The van der Waals surface area contributed by atoms with Gasteiger partial charge in [0.15, 0.2) is 0 Å². The number of aryl methyl sites for hydroxylation is 1. The van der Waals surface area contributed by atoms with Gasteiger partial charge in [-0.3, -0.25) is 9.10 Å². The Hall–Kier alpha value is -3.72. The second-order valence-corrected chi connectivity index (χ2v) is 8.73. The smallest absolute Gasteiger partial charge is 0.337 e. The highest BCUT2D eigenvalue weighted by Gasteiger charge is 2.27. The summed E-state index contributed by atoms with van der Waals surface area (Å²) in [6.07, 6.45) is 0. The van der Waals surface area contributed by atoms with Gasteiger partial charge in [0.05, 0.1) is 23.3 Å². The number of ether oxygens (including phenoxy) is 1. The fourth-order valence-corrected chi connectivity index (χ4v) is 4.39. The number of nitrogens with one attached hydrogen (secondary N) is 1. The van der Waals surface area contributed by atoms with Crippen molar-refractivity contribution in [1.29, 1.82) is 0 Å². The molecule has 0 aliphatic rings. The van der Waals surface area contributed by atoms with Crippen LogP contribution in [0.15, 0.2) is 77.7 Å². The van der Waals surface area contributed by atoms with E-state index in [1.54, 1.807) is 49.4 Å². The maximum Gasteiger partial charge on any atom is 0.337 e. The molecule has 0 saturated heterocycles. The van der Waals surface area contributed by atoms with Crippen LogP contribution in [-0.4, -0.2) is 33.9 Å². The molecular weight excluding hydrogens is 435 g/mol. The van der Waals surface area contributed by atoms with E-state index in [1.807, 2.05) is 0 Å². The molecule has 0 saturated carbocycles. The number of sulfonamides is 1. The lowest BCUT2D eigenvalue weighted by atomic mass is 10.1. The molecule has 0 aromatic heterocycles. The lowest BCUT2D eigenvalue weighted by Crippen LogP contribution is -2.38. The predicted molar refractivity (Wildman–Crippen MR) is 119 cm³/mol. The van der Waals surface area contributed by atoms with Gasteiger partial charge in [-0.2, -0.15) is 0 Å². The molecule has 7 nitrogen and oxygen atoms in total. The van der Waals surface area contributed by atoms with Crippen molar-refractivity contribution in [3.63, 3.8) is 0 Å². The fraction of sp³-hybridized carbons (Fsp3) is 0.130. The fourth-order valence-electron chi connectivity index (χ4n) is 2.96. The molecule has 0 unspecified atom stereocenters. The lowest BCUT2D eigenvalue weighted by molar-refractivity contribution is -0.114. The van der Waals surface area contributed by atoms with E-state index in [2.05, 4.69) is 5.32 Å². The third-order valence-electron chi connectivity index (χ3n) is 4.67. The van der Waals surface area contributed by atoms with Gasteiger partial charge in [0, 0.05) is 5.69 Å². The molecule has 3 aromatic carbocycles. The molecule has 0 fully saturated rings. The van der Waals surface area contributed by atoms with Crippen molar-refractivity contribution in [3.05, 3.63) is 89.7 Å². The molecule has 0 spiro atoms. The van der Waals surface area contributed by atoms with Crippen molar-refractivity contribution in [2.24, 2.45) is 0 Å². The summed E-state index contributed by atoms with van der Waals surface area (Å²) in [7, 11) is -2.91. The van der Waals surface area contributed by atoms with E-state index in [1.165, 1.54) is 13.2 Å². The van der Waals surface area contributed by atoms with E-state index in [-0.39, 0.29) is 16.1 Å². The minimum absolute atomic E-state index is 0.153. The Bertz CT molecular complexity index is 1230. The number of esters is 1. The predicted octanol–water partition coefficient (Wildman–Crippen LogP) is 3.75. The molecule has 0 atom stereocenters. The van der Waals surface area contributed by atoms with Crippen molar-refractivity contribution < 1.29 is 27.1 Å². The Morgan fingerprint density at radius 3 is 2.28 bits per heavy atom. The summed E-state index contributed by atoms with van der Waals surface area (Å²) in [4.78, 5) is 24.5. The molecule has 9 heteroatoms. The zero-order valence-corrected chi connectivity index (χ0v) is 18.2. The maximum absolute atomic E-state index is 13.3. The molecule has 0 bridgehead atoms. The quantitative estimate of drug-likeness (QED) is 0.547. The van der Waals surface area contributed by atoms with Gasteiger partial charge >= 0.3 is 5.97 Å². The van der Waals surface area contributed by atoms with Crippen LogP contribution in [0.5, 0.6) is 0 Å². The number of amides is 1. The first-order valence-corrected chi connectivity index (χ1v) is 11.0. The van der Waals surface area contributed by atoms with Crippen LogP contribution in [-0.2, 0) is 19.6 Å². The Kier molecular flexibility index (Phi) is 6.89. The number of halogens is 1. The van der Waals surface area contributed by atoms with E-state index in [0.717, 1.165) is 28.6 Å². The summed E-state index contributed by atoms with van der Waals surface area (Å²) in [5, 5.41) is 2.65. The zero-order chi connectivity index (χ0) is 23.3. The second kappa shape index (κ2) is 9.61. The summed E-state index contributed by atoms with van der Waals surface area (Å²) >= 11 is 0. The number of carbonyl (C=O) groups excluding carboxylic acids is 2. The average molecular weight is 456 g/mol. The Morgan fingerprint density at radius 2 is 1.66 bits per heavy atom. The first-order chi connectivity index (χ1) is 15.2. The molecule has 1 N–H and O–H groups in total. The minimum Gasteiger partial charge on any atom is -0.465 e. The van der Waals surface area contributed by atoms with Gasteiger partial charge in [0.25, 0.3) is 10.0 Å². The van der Waals surface area contributed by atoms with E-state index in [0.29, 0.717) is 11.3 Å². The lowest BCUT2D eigenvalue weighted by Gasteiger charge is -2.24. The highest BCUT2D eigenvalue weighted by molar-refractivity contribution is 7.92. The van der Waals surface area contributed by atoms with Crippen LogP contribution in [0.2, 0.25) is 0 Å². The van der Waals surface area contributed by atoms with Gasteiger partial charge in [-0.1, -0.05) is 24.3 Å². The normalized spacial score (nSPS) is 11.0. The molecule has 0 heterocycles. The SMILES string of the molecule is COC(=O)c1ccc(C)c(NC(=O)CN(c2ccccc2)S(=O)(=O)c2ccc(F)cc2)c1. The maximum atomic E-state index is 13.3. The van der Waals surface area contributed by atoms with Crippen LogP contribution in [0.3, 0.4) is 0 Å². The molecule has 3 aromatic rings. The number of carbonyl (C=O) groups is 2. The summed E-state index contributed by atoms with van der Waals surface area (Å²) in [5.74, 6) is -1.76. The van der Waals surface area contributed by atoms with Gasteiger partial charge in [-0.25, -0.2) is 17.6 Å². The minimum atomic E-state index is -4.16. The third kappa shape index (κ3) is 5.12. The average Bonchev–Trinajstić information content (AvgIpc) is 2.79. The Labute approximate surface area is 185 Å². The molecule has 32 heavy (non-hydrogen) atoms. The first-order valence-electron chi connectivity index (χ1n) is 9.54. The Morgan fingerprint density at radius 1 is 1.00 bits per heavy atom. The van der Waals surface area contributed by atoms with Crippen LogP contribution in [0.1, 0.15) is 15.9 Å². The topological polar surface area (TPSA) is 92.8 Å². The van der Waals surface area contributed by atoms with E-state index in [9.17, 15) is 22.4 Å². The summed E-state index contributed by atoms with van der Waals surface area (Å²) in [6, 6.07) is 17.1. The molecular formula is C23H21FN2O5S. The van der Waals surface area contributed by atoms with Gasteiger partial charge in [-0.15, -0.1) is 0 Å². The first kappa shape index (κ1) is 23.0. The van der Waals surface area contributed by atoms with E-state index >= 15 is 0 Å². The highest BCUT2D eigenvalue weighted by atomic mass is 32.2. The summed E-state index contributed by atoms with van der Waals surface area (Å²) in [5.41, 5.74) is 1.54. The third-order valence-corrected chi connectivity index (χ3v) is 6.45. The zero-order valence-electron chi connectivity index (χ0n) is 17.4. The Balaban J connectivity index is 1.92. The highest BCUT2D eigenvalue weighted by Crippen LogP contribution is 2.24. The van der Waals surface area contributed by atoms with Crippen LogP contribution in [0.25, 0.3) is 0 Å². The van der Waals surface area contributed by atoms with Crippen LogP contribution in [0.4, 0.5) is 15.8 Å². The van der Waals surface area contributed by atoms with Gasteiger partial charge < -0.3 is 10.1 Å². The van der Waals surface area contributed by atoms with E-state index in [4.69, 9.17) is 4.74 Å². The number of hydrogen-bond acceptors (Lipinski definition) is 5. The van der Waals surface area contributed by atoms with Gasteiger partial charge in [0.2, 0.25) is 5.91 Å². The van der Waals surface area contributed by atoms with Gasteiger partial charge in [-0.05, 0) is 61.0 Å². The number of hydrogen-bond donors (Lipinski definition) is 1. The number of anilines is 2. The standard InChI is InChI=1S/C23H21FN2O5S/c1-16-8-9-17(23(28)31-2)14-21(16)25-22(27)15-26(19-6-4-3-5-7-19)32(29,30)20-12-10-18(24)11-13-20/h3-14H,15H2,1-2H3,(H,25,27).